The predicted molar refractivity (Wildman–Crippen MR) is 63.9 cm³/mol. The quantitative estimate of drug-likeness (QED) is 0.683. The van der Waals surface area contributed by atoms with Crippen molar-refractivity contribution in [2.45, 2.75) is 13.0 Å². The zero-order valence-corrected chi connectivity index (χ0v) is 9.90. The Morgan fingerprint density at radius 1 is 1.27 bits per heavy atom. The minimum absolute atomic E-state index is 0.0742. The molecule has 1 unspecified atom stereocenters. The molecule has 4 heteroatoms. The highest BCUT2D eigenvalue weighted by Gasteiger charge is 1.98. The van der Waals surface area contributed by atoms with E-state index in [1.54, 1.807) is 7.11 Å². The van der Waals surface area contributed by atoms with Crippen LogP contribution in [0.1, 0.15) is 18.5 Å². The van der Waals surface area contributed by atoms with E-state index >= 15 is 0 Å². The summed E-state index contributed by atoms with van der Waals surface area (Å²) in [7, 11) is 4.15. The second-order valence-electron chi connectivity index (χ2n) is 2.57. The number of methoxy groups -OCH3 is 1. The average Bonchev–Trinajstić information content (AvgIpc) is 2.34. The Kier molecular flexibility index (Phi) is 12.0. The second-order valence-corrected chi connectivity index (χ2v) is 2.57. The average molecular weight is 214 g/mol. The summed E-state index contributed by atoms with van der Waals surface area (Å²) in [5.74, 6) is 0.861. The maximum Gasteiger partial charge on any atom is 0.119 e. The fraction of sp³-hybridized carbons (Fsp3) is 0.455. The minimum atomic E-state index is 0.0742. The third-order valence-electron chi connectivity index (χ3n) is 1.62. The van der Waals surface area contributed by atoms with Crippen LogP contribution in [-0.4, -0.2) is 26.4 Å². The lowest BCUT2D eigenvalue weighted by atomic mass is 10.1. The van der Waals surface area contributed by atoms with Crippen molar-refractivity contribution in [3.63, 3.8) is 0 Å². The van der Waals surface area contributed by atoms with Crippen molar-refractivity contribution < 1.29 is 9.84 Å². The lowest BCUT2D eigenvalue weighted by Gasteiger charge is -2.06. The summed E-state index contributed by atoms with van der Waals surface area (Å²) >= 11 is 0. The molecule has 0 spiro atoms. The van der Waals surface area contributed by atoms with Crippen LogP contribution < -0.4 is 16.2 Å². The zero-order valence-electron chi connectivity index (χ0n) is 9.90. The number of aliphatic hydroxyl groups excluding tert-OH is 1. The van der Waals surface area contributed by atoms with Crippen molar-refractivity contribution in [2.24, 2.45) is 11.5 Å². The van der Waals surface area contributed by atoms with Crippen molar-refractivity contribution in [1.82, 2.24) is 0 Å². The number of hydrogen-bond acceptors (Lipinski definition) is 4. The molecular formula is C11H22N2O2. The van der Waals surface area contributed by atoms with E-state index in [1.165, 1.54) is 7.05 Å². The molecule has 88 valence electrons. The summed E-state index contributed by atoms with van der Waals surface area (Å²) in [6.45, 7) is 1.95. The highest BCUT2D eigenvalue weighted by atomic mass is 16.5. The first kappa shape index (κ1) is 16.3. The molecule has 0 aromatic heterocycles. The number of ether oxygens (including phenoxy) is 1. The Morgan fingerprint density at radius 2 is 1.80 bits per heavy atom. The molecule has 0 aliphatic carbocycles. The van der Waals surface area contributed by atoms with Gasteiger partial charge in [0, 0.05) is 13.2 Å². The summed E-state index contributed by atoms with van der Waals surface area (Å²) in [5.41, 5.74) is 11.3. The van der Waals surface area contributed by atoms with Gasteiger partial charge in [-0.25, -0.2) is 0 Å². The topological polar surface area (TPSA) is 81.5 Å². The van der Waals surface area contributed by atoms with Gasteiger partial charge in [0.1, 0.15) is 5.75 Å². The molecule has 4 nitrogen and oxygen atoms in total. The monoisotopic (exact) mass is 214 g/mol. The van der Waals surface area contributed by atoms with E-state index in [4.69, 9.17) is 15.6 Å². The molecule has 1 aromatic rings. The lowest BCUT2D eigenvalue weighted by molar-refractivity contribution is 0.399. The Morgan fingerprint density at radius 3 is 2.20 bits per heavy atom. The van der Waals surface area contributed by atoms with E-state index in [2.05, 4.69) is 5.73 Å². The maximum atomic E-state index is 7.00. The molecule has 0 saturated carbocycles. The first-order valence-corrected chi connectivity index (χ1v) is 4.66. The number of aliphatic hydroxyl groups is 1. The SMILES string of the molecule is CN.CO.COc1cccc(C(C)N)c1. The zero-order chi connectivity index (χ0) is 12.3. The van der Waals surface area contributed by atoms with E-state index in [0.717, 1.165) is 18.4 Å². The van der Waals surface area contributed by atoms with E-state index < -0.39 is 0 Å². The van der Waals surface area contributed by atoms with Crippen LogP contribution in [0.2, 0.25) is 0 Å². The molecule has 0 heterocycles. The van der Waals surface area contributed by atoms with Crippen LogP contribution in [0.4, 0.5) is 0 Å². The standard InChI is InChI=1S/C9H13NO.CH5N.CH4O/c1-7(10)8-4-3-5-9(6-8)11-2;2*1-2/h3-7H,10H2,1-2H3;2H2,1H3;2H,1H3. The van der Waals surface area contributed by atoms with Crippen molar-refractivity contribution >= 4 is 0 Å². The molecular weight excluding hydrogens is 192 g/mol. The van der Waals surface area contributed by atoms with E-state index in [9.17, 15) is 0 Å². The summed E-state index contributed by atoms with van der Waals surface area (Å²) in [4.78, 5) is 0. The van der Waals surface area contributed by atoms with Gasteiger partial charge in [0.05, 0.1) is 7.11 Å². The van der Waals surface area contributed by atoms with Crippen LogP contribution in [-0.2, 0) is 0 Å². The van der Waals surface area contributed by atoms with Gasteiger partial charge >= 0.3 is 0 Å². The smallest absolute Gasteiger partial charge is 0.119 e. The third-order valence-corrected chi connectivity index (χ3v) is 1.62. The molecule has 1 atom stereocenters. The highest BCUT2D eigenvalue weighted by Crippen LogP contribution is 2.16. The van der Waals surface area contributed by atoms with Crippen molar-refractivity contribution in [3.8, 4) is 5.75 Å². The number of benzene rings is 1. The molecule has 0 amide bonds. The molecule has 0 bridgehead atoms. The van der Waals surface area contributed by atoms with Gasteiger partial charge in [-0.1, -0.05) is 12.1 Å². The van der Waals surface area contributed by atoms with Crippen LogP contribution >= 0.6 is 0 Å². The molecule has 1 aromatic carbocycles. The number of rotatable bonds is 2. The Labute approximate surface area is 91.9 Å². The van der Waals surface area contributed by atoms with Gasteiger partial charge in [0.2, 0.25) is 0 Å². The summed E-state index contributed by atoms with van der Waals surface area (Å²) in [5, 5.41) is 7.00. The first-order valence-electron chi connectivity index (χ1n) is 4.66. The van der Waals surface area contributed by atoms with Crippen molar-refractivity contribution in [2.75, 3.05) is 21.3 Å². The van der Waals surface area contributed by atoms with Crippen LogP contribution in [0.15, 0.2) is 24.3 Å². The van der Waals surface area contributed by atoms with Gasteiger partial charge in [-0.3, -0.25) is 0 Å². The van der Waals surface area contributed by atoms with Crippen LogP contribution in [0, 0.1) is 0 Å². The molecule has 5 N–H and O–H groups in total. The van der Waals surface area contributed by atoms with Gasteiger partial charge in [-0.2, -0.15) is 0 Å². The largest absolute Gasteiger partial charge is 0.497 e. The molecule has 15 heavy (non-hydrogen) atoms. The minimum Gasteiger partial charge on any atom is -0.497 e. The molecule has 0 fully saturated rings. The van der Waals surface area contributed by atoms with Crippen molar-refractivity contribution in [3.05, 3.63) is 29.8 Å². The normalized spacial score (nSPS) is 10.1. The van der Waals surface area contributed by atoms with Crippen molar-refractivity contribution in [1.29, 1.82) is 0 Å². The van der Waals surface area contributed by atoms with Gasteiger partial charge in [0.15, 0.2) is 0 Å². The summed E-state index contributed by atoms with van der Waals surface area (Å²) < 4.78 is 5.05. The fourth-order valence-electron chi connectivity index (χ4n) is 0.925. The van der Waals surface area contributed by atoms with Gasteiger partial charge in [-0.15, -0.1) is 0 Å². The van der Waals surface area contributed by atoms with E-state index in [-0.39, 0.29) is 6.04 Å². The number of nitrogens with two attached hydrogens (primary N) is 2. The third kappa shape index (κ3) is 6.90. The summed E-state index contributed by atoms with van der Waals surface area (Å²) in [6.07, 6.45) is 0. The molecule has 0 aliphatic rings. The molecule has 0 saturated heterocycles. The molecule has 0 radical (unpaired) electrons. The highest BCUT2D eigenvalue weighted by molar-refractivity contribution is 5.29. The van der Waals surface area contributed by atoms with E-state index in [1.807, 2.05) is 31.2 Å². The molecule has 0 aliphatic heterocycles. The van der Waals surface area contributed by atoms with Crippen LogP contribution in [0.25, 0.3) is 0 Å². The second kappa shape index (κ2) is 11.0. The van der Waals surface area contributed by atoms with Crippen LogP contribution in [0.3, 0.4) is 0 Å². The Bertz CT molecular complexity index is 240. The predicted octanol–water partition coefficient (Wildman–Crippen LogP) is 0.898. The van der Waals surface area contributed by atoms with Crippen LogP contribution in [0.5, 0.6) is 5.75 Å². The maximum absolute atomic E-state index is 7.00. The summed E-state index contributed by atoms with van der Waals surface area (Å²) in [6, 6.07) is 7.87. The molecule has 1 rings (SSSR count). The van der Waals surface area contributed by atoms with Gasteiger partial charge < -0.3 is 21.3 Å². The first-order chi connectivity index (χ1) is 7.24. The van der Waals surface area contributed by atoms with E-state index in [0.29, 0.717) is 0 Å². The Hall–Kier alpha value is -1.10. The van der Waals surface area contributed by atoms with Gasteiger partial charge in [0.25, 0.3) is 0 Å². The van der Waals surface area contributed by atoms with Gasteiger partial charge in [-0.05, 0) is 31.7 Å². The lowest BCUT2D eigenvalue weighted by Crippen LogP contribution is -2.04. The fourth-order valence-corrected chi connectivity index (χ4v) is 0.925. The number of hydrogen-bond donors (Lipinski definition) is 3. The Balaban J connectivity index is 0.